The van der Waals surface area contributed by atoms with Gasteiger partial charge in [0.15, 0.2) is 5.75 Å². The maximum absolute atomic E-state index is 11.8. The largest absolute Gasteiger partial charge is 0.468 e. The molecule has 0 unspecified atom stereocenters. The lowest BCUT2D eigenvalue weighted by molar-refractivity contribution is -0.141. The highest BCUT2D eigenvalue weighted by Gasteiger charge is 2.18. The van der Waals surface area contributed by atoms with Crippen molar-refractivity contribution in [1.82, 2.24) is 4.57 Å². The molecule has 4 nitrogen and oxygen atoms in total. The SMILES string of the molecule is COC(=O)Cn1c(C)c(Oc2ccc(Cl)cc2)c2cc(SC)ccc21. The van der Waals surface area contributed by atoms with Crippen molar-refractivity contribution in [2.75, 3.05) is 13.4 Å². The zero-order valence-corrected chi connectivity index (χ0v) is 15.8. The van der Waals surface area contributed by atoms with Crippen LogP contribution >= 0.6 is 23.4 Å². The van der Waals surface area contributed by atoms with Crippen LogP contribution in [0.3, 0.4) is 0 Å². The van der Waals surface area contributed by atoms with Gasteiger partial charge in [0, 0.05) is 15.3 Å². The molecule has 3 rings (SSSR count). The van der Waals surface area contributed by atoms with Gasteiger partial charge in [-0.1, -0.05) is 11.6 Å². The highest BCUT2D eigenvalue weighted by molar-refractivity contribution is 7.98. The second-order valence-corrected chi connectivity index (χ2v) is 6.83. The lowest BCUT2D eigenvalue weighted by atomic mass is 10.2. The lowest BCUT2D eigenvalue weighted by Crippen LogP contribution is -2.12. The Labute approximate surface area is 155 Å². The first-order chi connectivity index (χ1) is 12.0. The van der Waals surface area contributed by atoms with Crippen LogP contribution in [0.5, 0.6) is 11.5 Å². The number of ether oxygens (including phenoxy) is 2. The van der Waals surface area contributed by atoms with E-state index in [-0.39, 0.29) is 12.5 Å². The normalized spacial score (nSPS) is 10.9. The van der Waals surface area contributed by atoms with E-state index in [9.17, 15) is 4.79 Å². The first-order valence-electron chi connectivity index (χ1n) is 7.70. The number of carbonyl (C=O) groups excluding carboxylic acids is 1. The van der Waals surface area contributed by atoms with Crippen LogP contribution in [0, 0.1) is 6.92 Å². The highest BCUT2D eigenvalue weighted by atomic mass is 35.5. The number of hydrogen-bond donors (Lipinski definition) is 0. The van der Waals surface area contributed by atoms with Crippen molar-refractivity contribution in [3.63, 3.8) is 0 Å². The van der Waals surface area contributed by atoms with E-state index in [1.165, 1.54) is 7.11 Å². The third-order valence-corrected chi connectivity index (χ3v) is 5.00. The van der Waals surface area contributed by atoms with E-state index in [4.69, 9.17) is 21.1 Å². The fraction of sp³-hybridized carbons (Fsp3) is 0.211. The molecule has 25 heavy (non-hydrogen) atoms. The standard InChI is InChI=1S/C19H18ClNO3S/c1-12-19(24-14-6-4-13(20)5-7-14)16-10-15(25-3)8-9-17(16)21(12)11-18(22)23-2/h4-10H,11H2,1-3H3. The van der Waals surface area contributed by atoms with Crippen molar-refractivity contribution in [2.24, 2.45) is 0 Å². The molecule has 2 aromatic carbocycles. The summed E-state index contributed by atoms with van der Waals surface area (Å²) in [4.78, 5) is 12.9. The minimum absolute atomic E-state index is 0.140. The van der Waals surface area contributed by atoms with E-state index < -0.39 is 0 Å². The zero-order valence-electron chi connectivity index (χ0n) is 14.2. The highest BCUT2D eigenvalue weighted by Crippen LogP contribution is 2.38. The number of carbonyl (C=O) groups is 1. The zero-order chi connectivity index (χ0) is 18.0. The Kier molecular flexibility index (Phi) is 5.25. The fourth-order valence-electron chi connectivity index (χ4n) is 2.70. The van der Waals surface area contributed by atoms with Crippen molar-refractivity contribution in [1.29, 1.82) is 0 Å². The summed E-state index contributed by atoms with van der Waals surface area (Å²) in [6, 6.07) is 13.3. The smallest absolute Gasteiger partial charge is 0.325 e. The van der Waals surface area contributed by atoms with E-state index in [1.807, 2.05) is 42.0 Å². The second kappa shape index (κ2) is 7.42. The molecule has 0 saturated carbocycles. The van der Waals surface area contributed by atoms with Crippen molar-refractivity contribution in [3.05, 3.63) is 53.2 Å². The summed E-state index contributed by atoms with van der Waals surface area (Å²) in [6.45, 7) is 2.08. The number of rotatable bonds is 5. The third kappa shape index (κ3) is 3.62. The number of aromatic nitrogens is 1. The molecule has 0 aliphatic carbocycles. The van der Waals surface area contributed by atoms with E-state index in [0.717, 1.165) is 27.2 Å². The maximum atomic E-state index is 11.8. The topological polar surface area (TPSA) is 40.5 Å². The Morgan fingerprint density at radius 2 is 1.92 bits per heavy atom. The molecule has 0 fully saturated rings. The number of thioether (sulfide) groups is 1. The Morgan fingerprint density at radius 3 is 2.56 bits per heavy atom. The van der Waals surface area contributed by atoms with Crippen LogP contribution in [0.15, 0.2) is 47.4 Å². The molecule has 3 aromatic rings. The van der Waals surface area contributed by atoms with E-state index in [2.05, 4.69) is 6.07 Å². The van der Waals surface area contributed by atoms with Crippen molar-refractivity contribution >= 4 is 40.2 Å². The number of methoxy groups -OCH3 is 1. The van der Waals surface area contributed by atoms with Gasteiger partial charge in [0.1, 0.15) is 12.3 Å². The molecule has 0 amide bonds. The summed E-state index contributed by atoms with van der Waals surface area (Å²) in [5.74, 6) is 1.13. The average molecular weight is 376 g/mol. The van der Waals surface area contributed by atoms with Gasteiger partial charge < -0.3 is 14.0 Å². The van der Waals surface area contributed by atoms with Crippen LogP contribution in [0.2, 0.25) is 5.02 Å². The Balaban J connectivity index is 2.12. The Morgan fingerprint density at radius 1 is 1.20 bits per heavy atom. The molecule has 130 valence electrons. The molecule has 1 aromatic heterocycles. The molecule has 0 atom stereocenters. The van der Waals surface area contributed by atoms with Crippen molar-refractivity contribution in [2.45, 2.75) is 18.4 Å². The molecule has 0 saturated heterocycles. The number of fused-ring (bicyclic) bond motifs is 1. The number of nitrogens with zero attached hydrogens (tertiary/aromatic N) is 1. The minimum Gasteiger partial charge on any atom is -0.468 e. The second-order valence-electron chi connectivity index (χ2n) is 5.52. The predicted molar refractivity (Wildman–Crippen MR) is 102 cm³/mol. The summed E-state index contributed by atoms with van der Waals surface area (Å²) in [5.41, 5.74) is 1.80. The number of esters is 1. The first kappa shape index (κ1) is 17.7. The van der Waals surface area contributed by atoms with Gasteiger partial charge >= 0.3 is 5.97 Å². The van der Waals surface area contributed by atoms with Crippen LogP contribution in [0.4, 0.5) is 0 Å². The summed E-state index contributed by atoms with van der Waals surface area (Å²) in [7, 11) is 1.39. The number of benzene rings is 2. The van der Waals surface area contributed by atoms with Crippen LogP contribution in [-0.2, 0) is 16.1 Å². The van der Waals surface area contributed by atoms with Gasteiger partial charge in [-0.15, -0.1) is 11.8 Å². The molecule has 1 heterocycles. The summed E-state index contributed by atoms with van der Waals surface area (Å²) in [5, 5.41) is 1.62. The van der Waals surface area contributed by atoms with Crippen molar-refractivity contribution in [3.8, 4) is 11.5 Å². The average Bonchev–Trinajstić information content (AvgIpc) is 2.88. The molecule has 0 aliphatic rings. The maximum Gasteiger partial charge on any atom is 0.325 e. The van der Waals surface area contributed by atoms with Gasteiger partial charge in [0.2, 0.25) is 0 Å². The molecular weight excluding hydrogens is 358 g/mol. The van der Waals surface area contributed by atoms with Gasteiger partial charge in [-0.05, 0) is 55.6 Å². The molecule has 0 N–H and O–H groups in total. The van der Waals surface area contributed by atoms with Gasteiger partial charge in [-0.25, -0.2) is 0 Å². The van der Waals surface area contributed by atoms with Gasteiger partial charge in [-0.3, -0.25) is 4.79 Å². The molecule has 0 radical (unpaired) electrons. The summed E-state index contributed by atoms with van der Waals surface area (Å²) < 4.78 is 12.9. The fourth-order valence-corrected chi connectivity index (χ4v) is 3.27. The molecule has 0 aliphatic heterocycles. The van der Waals surface area contributed by atoms with Gasteiger partial charge in [-0.2, -0.15) is 0 Å². The van der Waals surface area contributed by atoms with Gasteiger partial charge in [0.05, 0.1) is 18.3 Å². The van der Waals surface area contributed by atoms with Crippen LogP contribution in [-0.4, -0.2) is 23.9 Å². The number of hydrogen-bond acceptors (Lipinski definition) is 4. The summed E-state index contributed by atoms with van der Waals surface area (Å²) in [6.07, 6.45) is 2.03. The van der Waals surface area contributed by atoms with Crippen molar-refractivity contribution < 1.29 is 14.3 Å². The quantitative estimate of drug-likeness (QED) is 0.448. The molecule has 0 spiro atoms. The molecule has 0 bridgehead atoms. The van der Waals surface area contributed by atoms with Crippen LogP contribution in [0.1, 0.15) is 5.69 Å². The Hall–Kier alpha value is -2.11. The van der Waals surface area contributed by atoms with E-state index in [0.29, 0.717) is 10.8 Å². The molecular formula is C19H18ClNO3S. The van der Waals surface area contributed by atoms with E-state index in [1.54, 1.807) is 23.9 Å². The Bertz CT molecular complexity index is 919. The van der Waals surface area contributed by atoms with Crippen LogP contribution in [0.25, 0.3) is 10.9 Å². The van der Waals surface area contributed by atoms with E-state index >= 15 is 0 Å². The van der Waals surface area contributed by atoms with Crippen LogP contribution < -0.4 is 4.74 Å². The number of halogens is 1. The summed E-state index contributed by atoms with van der Waals surface area (Å²) >= 11 is 7.60. The molecule has 6 heteroatoms. The monoisotopic (exact) mass is 375 g/mol. The first-order valence-corrected chi connectivity index (χ1v) is 9.31. The third-order valence-electron chi connectivity index (χ3n) is 4.02. The minimum atomic E-state index is -0.299. The predicted octanol–water partition coefficient (Wildman–Crippen LogP) is 5.29. The van der Waals surface area contributed by atoms with Gasteiger partial charge in [0.25, 0.3) is 0 Å². The lowest BCUT2D eigenvalue weighted by Gasteiger charge is -2.08.